The van der Waals surface area contributed by atoms with Gasteiger partial charge in [-0.05, 0) is 63.6 Å². The van der Waals surface area contributed by atoms with Gasteiger partial charge in [0.2, 0.25) is 11.9 Å². The van der Waals surface area contributed by atoms with Crippen molar-refractivity contribution in [1.29, 1.82) is 0 Å². The summed E-state index contributed by atoms with van der Waals surface area (Å²) in [4.78, 5) is 42.1. The Morgan fingerprint density at radius 1 is 1.15 bits per heavy atom. The molecule has 10 heteroatoms. The van der Waals surface area contributed by atoms with Crippen molar-refractivity contribution >= 4 is 35.0 Å². The van der Waals surface area contributed by atoms with Gasteiger partial charge in [0.1, 0.15) is 11.4 Å². The Bertz CT molecular complexity index is 1280. The molecule has 0 unspecified atom stereocenters. The third kappa shape index (κ3) is 5.33. The van der Waals surface area contributed by atoms with Crippen molar-refractivity contribution in [3.63, 3.8) is 0 Å². The van der Waals surface area contributed by atoms with E-state index >= 15 is 0 Å². The molecule has 214 valence electrons. The number of carbonyl (C=O) groups excluding carboxylic acids is 2. The molecule has 0 bridgehead atoms. The molecule has 3 fully saturated rings. The van der Waals surface area contributed by atoms with E-state index in [-0.39, 0.29) is 17.9 Å². The van der Waals surface area contributed by atoms with E-state index in [1.807, 2.05) is 19.9 Å². The lowest BCUT2D eigenvalue weighted by Crippen LogP contribution is -2.59. The van der Waals surface area contributed by atoms with Crippen molar-refractivity contribution in [2.45, 2.75) is 64.5 Å². The molecular formula is C30H41N7O3. The highest BCUT2D eigenvalue weighted by atomic mass is 16.5. The topological polar surface area (TPSA) is 103 Å². The number of hydrogen-bond acceptors (Lipinski definition) is 8. The second-order valence-corrected chi connectivity index (χ2v) is 12.6. The Labute approximate surface area is 236 Å². The van der Waals surface area contributed by atoms with Crippen LogP contribution in [-0.4, -0.2) is 79.1 Å². The number of fused-ring (bicyclic) bond motifs is 1. The zero-order valence-electron chi connectivity index (χ0n) is 24.1. The molecule has 40 heavy (non-hydrogen) atoms. The molecule has 2 aliphatic heterocycles. The highest BCUT2D eigenvalue weighted by molar-refractivity contribution is 6.01. The van der Waals surface area contributed by atoms with Crippen LogP contribution >= 0.6 is 0 Å². The number of benzene rings is 1. The zero-order valence-corrected chi connectivity index (χ0v) is 24.1. The van der Waals surface area contributed by atoms with Crippen LogP contribution in [0.3, 0.4) is 0 Å². The van der Waals surface area contributed by atoms with Gasteiger partial charge in [-0.1, -0.05) is 12.8 Å². The Kier molecular flexibility index (Phi) is 7.06. The summed E-state index contributed by atoms with van der Waals surface area (Å²) in [6.45, 7) is 7.62. The number of ether oxygens (including phenoxy) is 1. The van der Waals surface area contributed by atoms with Gasteiger partial charge in [0.25, 0.3) is 5.91 Å². The van der Waals surface area contributed by atoms with Gasteiger partial charge in [-0.15, -0.1) is 0 Å². The number of nitrogens with one attached hydrogen (secondary N) is 2. The van der Waals surface area contributed by atoms with E-state index in [0.29, 0.717) is 35.5 Å². The van der Waals surface area contributed by atoms with E-state index in [2.05, 4.69) is 25.4 Å². The normalized spacial score (nSPS) is 21.6. The SMILES string of the molecule is COc1cc(C(=O)NC2CN(CC3CC3)C2)ccc1Nc1ncc2c(n1)N(C1CCCC1)CC(C)(C)C(=O)N2C. The molecule has 0 spiro atoms. The van der Waals surface area contributed by atoms with Crippen molar-refractivity contribution in [2.75, 3.05) is 55.5 Å². The molecule has 0 radical (unpaired) electrons. The average molecular weight is 548 g/mol. The third-order valence-electron chi connectivity index (χ3n) is 8.81. The van der Waals surface area contributed by atoms with Crippen LogP contribution in [0.15, 0.2) is 24.4 Å². The summed E-state index contributed by atoms with van der Waals surface area (Å²) in [6.07, 6.45) is 8.98. The van der Waals surface area contributed by atoms with Gasteiger partial charge in [-0.25, -0.2) is 4.98 Å². The van der Waals surface area contributed by atoms with Crippen LogP contribution < -0.4 is 25.2 Å². The summed E-state index contributed by atoms with van der Waals surface area (Å²) in [5.74, 6) is 2.57. The molecule has 6 rings (SSSR count). The van der Waals surface area contributed by atoms with Crippen LogP contribution in [0.4, 0.5) is 23.1 Å². The first kappa shape index (κ1) is 26.8. The summed E-state index contributed by atoms with van der Waals surface area (Å²) < 4.78 is 5.65. The fourth-order valence-corrected chi connectivity index (χ4v) is 6.33. The largest absolute Gasteiger partial charge is 0.495 e. The quantitative estimate of drug-likeness (QED) is 0.515. The first-order valence-corrected chi connectivity index (χ1v) is 14.6. The Hall–Kier alpha value is -3.40. The number of hydrogen-bond donors (Lipinski definition) is 2. The summed E-state index contributed by atoms with van der Waals surface area (Å²) in [6, 6.07) is 5.92. The fraction of sp³-hybridized carbons (Fsp3) is 0.600. The number of amides is 2. The molecule has 2 aromatic rings. The van der Waals surface area contributed by atoms with Crippen LogP contribution in [0.1, 0.15) is 62.7 Å². The van der Waals surface area contributed by atoms with E-state index in [0.717, 1.165) is 49.9 Å². The van der Waals surface area contributed by atoms with Gasteiger partial charge in [0, 0.05) is 44.8 Å². The molecule has 2 N–H and O–H groups in total. The van der Waals surface area contributed by atoms with Crippen molar-refractivity contribution < 1.29 is 14.3 Å². The van der Waals surface area contributed by atoms with Gasteiger partial charge in [-0.2, -0.15) is 4.98 Å². The van der Waals surface area contributed by atoms with Crippen molar-refractivity contribution in [1.82, 2.24) is 20.2 Å². The maximum absolute atomic E-state index is 13.3. The molecule has 2 amide bonds. The molecule has 4 aliphatic rings. The van der Waals surface area contributed by atoms with E-state index < -0.39 is 5.41 Å². The number of anilines is 4. The highest BCUT2D eigenvalue weighted by Gasteiger charge is 2.41. The minimum atomic E-state index is -0.541. The number of carbonyl (C=O) groups is 2. The predicted molar refractivity (Wildman–Crippen MR) is 156 cm³/mol. The molecule has 10 nitrogen and oxygen atoms in total. The number of nitrogens with zero attached hydrogens (tertiary/aromatic N) is 5. The minimum Gasteiger partial charge on any atom is -0.495 e. The number of methoxy groups -OCH3 is 1. The molecular weight excluding hydrogens is 506 g/mol. The van der Waals surface area contributed by atoms with Gasteiger partial charge >= 0.3 is 0 Å². The monoisotopic (exact) mass is 547 g/mol. The van der Waals surface area contributed by atoms with Crippen LogP contribution in [0.2, 0.25) is 0 Å². The Morgan fingerprint density at radius 3 is 2.60 bits per heavy atom. The number of likely N-dealkylation sites (tertiary alicyclic amines) is 1. The number of rotatable bonds is 8. The molecule has 0 atom stereocenters. The zero-order chi connectivity index (χ0) is 28.0. The minimum absolute atomic E-state index is 0.0617. The maximum atomic E-state index is 13.3. The van der Waals surface area contributed by atoms with Crippen LogP contribution in [0.5, 0.6) is 5.75 Å². The second kappa shape index (κ2) is 10.5. The number of aromatic nitrogens is 2. The van der Waals surface area contributed by atoms with Crippen molar-refractivity contribution in [3.8, 4) is 5.75 Å². The van der Waals surface area contributed by atoms with Gasteiger partial charge in [0.15, 0.2) is 5.82 Å². The smallest absolute Gasteiger partial charge is 0.251 e. The van der Waals surface area contributed by atoms with Crippen molar-refractivity contribution in [2.24, 2.45) is 11.3 Å². The summed E-state index contributed by atoms with van der Waals surface area (Å²) in [5, 5.41) is 6.44. The molecule has 2 saturated carbocycles. The lowest BCUT2D eigenvalue weighted by molar-refractivity contribution is -0.125. The summed E-state index contributed by atoms with van der Waals surface area (Å²) in [5.41, 5.74) is 1.41. The van der Waals surface area contributed by atoms with Crippen LogP contribution in [-0.2, 0) is 4.79 Å². The summed E-state index contributed by atoms with van der Waals surface area (Å²) in [7, 11) is 3.39. The fourth-order valence-electron chi connectivity index (χ4n) is 6.33. The van der Waals surface area contributed by atoms with E-state index in [4.69, 9.17) is 9.72 Å². The molecule has 1 saturated heterocycles. The average Bonchev–Trinajstić information content (AvgIpc) is 3.59. The maximum Gasteiger partial charge on any atom is 0.251 e. The van der Waals surface area contributed by atoms with E-state index in [1.54, 1.807) is 37.4 Å². The van der Waals surface area contributed by atoms with Gasteiger partial charge < -0.3 is 25.2 Å². The first-order chi connectivity index (χ1) is 19.2. The van der Waals surface area contributed by atoms with Gasteiger partial charge in [0.05, 0.1) is 30.5 Å². The summed E-state index contributed by atoms with van der Waals surface area (Å²) >= 11 is 0. The first-order valence-electron chi connectivity index (χ1n) is 14.6. The van der Waals surface area contributed by atoms with Crippen LogP contribution in [0, 0.1) is 11.3 Å². The van der Waals surface area contributed by atoms with Gasteiger partial charge in [-0.3, -0.25) is 14.5 Å². The highest BCUT2D eigenvalue weighted by Crippen LogP contribution is 2.40. The molecule has 3 heterocycles. The second-order valence-electron chi connectivity index (χ2n) is 12.6. The lowest BCUT2D eigenvalue weighted by Gasteiger charge is -2.39. The molecule has 1 aromatic heterocycles. The van der Waals surface area contributed by atoms with E-state index in [1.165, 1.54) is 25.7 Å². The standard InChI is InChI=1S/C30H41N7O3/c1-30(2)18-37(22-7-5-6-8-22)26-24(35(3)28(30)39)14-31-29(34-26)33-23-12-11-20(13-25(23)40-4)27(38)32-21-16-36(17-21)15-19-9-10-19/h11-14,19,21-22H,5-10,15-18H2,1-4H3,(H,32,38)(H,31,33,34). The van der Waals surface area contributed by atoms with Crippen LogP contribution in [0.25, 0.3) is 0 Å². The van der Waals surface area contributed by atoms with E-state index in [9.17, 15) is 9.59 Å². The third-order valence-corrected chi connectivity index (χ3v) is 8.81. The lowest BCUT2D eigenvalue weighted by atomic mass is 9.91. The predicted octanol–water partition coefficient (Wildman–Crippen LogP) is 3.80. The molecule has 2 aliphatic carbocycles. The molecule has 1 aromatic carbocycles. The van der Waals surface area contributed by atoms with Crippen molar-refractivity contribution in [3.05, 3.63) is 30.0 Å². The Morgan fingerprint density at radius 2 is 1.90 bits per heavy atom. The Balaban J connectivity index is 1.19.